The van der Waals surface area contributed by atoms with Gasteiger partial charge in [-0.05, 0) is 41.3 Å². The maximum atomic E-state index is 12.6. The van der Waals surface area contributed by atoms with Gasteiger partial charge in [0, 0.05) is 24.1 Å². The fourth-order valence-electron chi connectivity index (χ4n) is 2.59. The minimum atomic E-state index is -0.212. The molecule has 0 saturated heterocycles. The van der Waals surface area contributed by atoms with Crippen molar-refractivity contribution in [3.8, 4) is 21.4 Å². The number of anilines is 1. The van der Waals surface area contributed by atoms with Crippen molar-refractivity contribution in [2.45, 2.75) is 6.61 Å². The topological polar surface area (TPSA) is 73.3 Å². The molecule has 1 amide bonds. The Hall–Kier alpha value is -3.23. The molecule has 8 heteroatoms. The van der Waals surface area contributed by atoms with Gasteiger partial charge in [0.05, 0.1) is 18.2 Å². The quantitative estimate of drug-likeness (QED) is 0.447. The van der Waals surface area contributed by atoms with E-state index in [1.165, 1.54) is 11.3 Å². The van der Waals surface area contributed by atoms with Crippen molar-refractivity contribution in [1.82, 2.24) is 9.97 Å². The summed E-state index contributed by atoms with van der Waals surface area (Å²) >= 11 is 2.96. The molecule has 29 heavy (non-hydrogen) atoms. The molecular formula is C21H17N3O3S2. The maximum Gasteiger partial charge on any atom is 0.267 e. The minimum absolute atomic E-state index is 0.212. The van der Waals surface area contributed by atoms with E-state index in [1.807, 2.05) is 29.6 Å². The average molecular weight is 424 g/mol. The molecule has 0 aliphatic rings. The molecule has 0 fully saturated rings. The SMILES string of the molecule is COc1ccc(NC(=O)c2cnc(-c3cccs3)s2)cc1OCc1ccncc1. The van der Waals surface area contributed by atoms with Crippen LogP contribution in [0.4, 0.5) is 5.69 Å². The van der Waals surface area contributed by atoms with E-state index in [2.05, 4.69) is 15.3 Å². The lowest BCUT2D eigenvalue weighted by atomic mass is 10.2. The van der Waals surface area contributed by atoms with E-state index in [4.69, 9.17) is 9.47 Å². The molecule has 1 aromatic carbocycles. The van der Waals surface area contributed by atoms with Gasteiger partial charge in [-0.25, -0.2) is 4.98 Å². The number of methoxy groups -OCH3 is 1. The fraction of sp³-hybridized carbons (Fsp3) is 0.0952. The molecule has 0 saturated carbocycles. The summed E-state index contributed by atoms with van der Waals surface area (Å²) in [7, 11) is 1.58. The fourth-order valence-corrected chi connectivity index (χ4v) is 4.21. The third-order valence-corrected chi connectivity index (χ3v) is 6.06. The number of amides is 1. The molecule has 4 rings (SSSR count). The van der Waals surface area contributed by atoms with Crippen molar-refractivity contribution in [2.75, 3.05) is 12.4 Å². The Morgan fingerprint density at radius 2 is 2.00 bits per heavy atom. The summed E-state index contributed by atoms with van der Waals surface area (Å²) in [5.74, 6) is 0.927. The van der Waals surface area contributed by atoms with Crippen LogP contribution in [0, 0.1) is 0 Å². The van der Waals surface area contributed by atoms with Gasteiger partial charge in [0.25, 0.3) is 5.91 Å². The molecule has 1 N–H and O–H groups in total. The third kappa shape index (κ3) is 4.61. The molecule has 0 spiro atoms. The summed E-state index contributed by atoms with van der Waals surface area (Å²) in [5.41, 5.74) is 1.61. The Morgan fingerprint density at radius 1 is 1.14 bits per heavy atom. The van der Waals surface area contributed by atoms with Crippen LogP contribution in [0.1, 0.15) is 15.2 Å². The Kier molecular flexibility index (Phi) is 5.83. The zero-order valence-corrected chi connectivity index (χ0v) is 17.1. The first-order valence-electron chi connectivity index (χ1n) is 8.74. The number of thiazole rings is 1. The first kappa shape index (κ1) is 19.1. The zero-order valence-electron chi connectivity index (χ0n) is 15.5. The normalized spacial score (nSPS) is 10.5. The van der Waals surface area contributed by atoms with Crippen LogP contribution < -0.4 is 14.8 Å². The lowest BCUT2D eigenvalue weighted by molar-refractivity contribution is 0.103. The van der Waals surface area contributed by atoms with Crippen molar-refractivity contribution in [3.63, 3.8) is 0 Å². The average Bonchev–Trinajstić information content (AvgIpc) is 3.45. The molecule has 3 aromatic heterocycles. The number of hydrogen-bond acceptors (Lipinski definition) is 7. The number of aromatic nitrogens is 2. The second-order valence-electron chi connectivity index (χ2n) is 5.97. The van der Waals surface area contributed by atoms with Gasteiger partial charge < -0.3 is 14.8 Å². The molecule has 0 bridgehead atoms. The second kappa shape index (κ2) is 8.85. The number of nitrogens with zero attached hydrogens (tertiary/aromatic N) is 2. The predicted octanol–water partition coefficient (Wildman–Crippen LogP) is 5.11. The monoisotopic (exact) mass is 423 g/mol. The molecule has 0 aliphatic heterocycles. The number of benzene rings is 1. The standard InChI is InChI=1S/C21H17N3O3S2/c1-26-16-5-4-15(11-17(16)27-13-14-6-8-22-9-7-14)24-20(25)19-12-23-21(29-19)18-3-2-10-28-18/h2-12H,13H2,1H3,(H,24,25). The summed E-state index contributed by atoms with van der Waals surface area (Å²) in [4.78, 5) is 22.6. The van der Waals surface area contributed by atoms with E-state index in [-0.39, 0.29) is 5.91 Å². The Bertz CT molecular complexity index is 1100. The van der Waals surface area contributed by atoms with E-state index >= 15 is 0 Å². The van der Waals surface area contributed by atoms with Gasteiger partial charge in [0.1, 0.15) is 16.5 Å². The van der Waals surface area contributed by atoms with Crippen molar-refractivity contribution in [2.24, 2.45) is 0 Å². The van der Waals surface area contributed by atoms with E-state index < -0.39 is 0 Å². The van der Waals surface area contributed by atoms with Gasteiger partial charge in [-0.1, -0.05) is 6.07 Å². The van der Waals surface area contributed by atoms with Crippen molar-refractivity contribution < 1.29 is 14.3 Å². The summed E-state index contributed by atoms with van der Waals surface area (Å²) in [5, 5.41) is 5.72. The molecule has 0 radical (unpaired) electrons. The molecule has 146 valence electrons. The minimum Gasteiger partial charge on any atom is -0.493 e. The predicted molar refractivity (Wildman–Crippen MR) is 115 cm³/mol. The van der Waals surface area contributed by atoms with Crippen LogP contribution in [0.25, 0.3) is 9.88 Å². The number of ether oxygens (including phenoxy) is 2. The smallest absolute Gasteiger partial charge is 0.267 e. The van der Waals surface area contributed by atoms with E-state index in [1.54, 1.807) is 55.2 Å². The third-order valence-electron chi connectivity index (χ3n) is 4.03. The van der Waals surface area contributed by atoms with E-state index in [9.17, 15) is 4.79 Å². The number of rotatable bonds is 7. The molecular weight excluding hydrogens is 406 g/mol. The first-order valence-corrected chi connectivity index (χ1v) is 10.4. The molecule has 0 atom stereocenters. The summed E-state index contributed by atoms with van der Waals surface area (Å²) in [6.07, 6.45) is 5.03. The lowest BCUT2D eigenvalue weighted by Gasteiger charge is -2.13. The van der Waals surface area contributed by atoms with Crippen molar-refractivity contribution >= 4 is 34.3 Å². The highest BCUT2D eigenvalue weighted by Crippen LogP contribution is 2.32. The zero-order chi connectivity index (χ0) is 20.1. The Balaban J connectivity index is 1.47. The number of hydrogen-bond donors (Lipinski definition) is 1. The summed E-state index contributed by atoms with van der Waals surface area (Å²) in [6, 6.07) is 13.0. The van der Waals surface area contributed by atoms with Crippen LogP contribution in [-0.4, -0.2) is 23.0 Å². The molecule has 6 nitrogen and oxygen atoms in total. The molecule has 0 aliphatic carbocycles. The number of carbonyl (C=O) groups is 1. The van der Waals surface area contributed by atoms with Crippen LogP contribution in [0.2, 0.25) is 0 Å². The van der Waals surface area contributed by atoms with Crippen LogP contribution >= 0.6 is 22.7 Å². The van der Waals surface area contributed by atoms with Crippen LogP contribution in [0.3, 0.4) is 0 Å². The molecule has 4 aromatic rings. The summed E-state index contributed by atoms with van der Waals surface area (Å²) in [6.45, 7) is 0.370. The van der Waals surface area contributed by atoms with E-state index in [0.29, 0.717) is 28.7 Å². The highest BCUT2D eigenvalue weighted by Gasteiger charge is 2.14. The Morgan fingerprint density at radius 3 is 2.76 bits per heavy atom. The van der Waals surface area contributed by atoms with Gasteiger partial charge in [0.15, 0.2) is 11.5 Å². The first-order chi connectivity index (χ1) is 14.2. The number of nitrogens with one attached hydrogen (secondary N) is 1. The van der Waals surface area contributed by atoms with Gasteiger partial charge >= 0.3 is 0 Å². The van der Waals surface area contributed by atoms with Gasteiger partial charge in [-0.3, -0.25) is 9.78 Å². The highest BCUT2D eigenvalue weighted by atomic mass is 32.1. The summed E-state index contributed by atoms with van der Waals surface area (Å²) < 4.78 is 11.2. The maximum absolute atomic E-state index is 12.6. The highest BCUT2D eigenvalue weighted by molar-refractivity contribution is 7.22. The van der Waals surface area contributed by atoms with Crippen LogP contribution in [0.15, 0.2) is 66.4 Å². The van der Waals surface area contributed by atoms with Crippen molar-refractivity contribution in [3.05, 3.63) is 76.9 Å². The van der Waals surface area contributed by atoms with Crippen molar-refractivity contribution in [1.29, 1.82) is 0 Å². The Labute approximate surface area is 175 Å². The van der Waals surface area contributed by atoms with Crippen LogP contribution in [-0.2, 0) is 6.61 Å². The van der Waals surface area contributed by atoms with Gasteiger partial charge in [-0.15, -0.1) is 22.7 Å². The largest absolute Gasteiger partial charge is 0.493 e. The molecule has 0 unspecified atom stereocenters. The molecule has 3 heterocycles. The number of carbonyl (C=O) groups excluding carboxylic acids is 1. The van der Waals surface area contributed by atoms with Gasteiger partial charge in [0.2, 0.25) is 0 Å². The van der Waals surface area contributed by atoms with Crippen LogP contribution in [0.5, 0.6) is 11.5 Å². The van der Waals surface area contributed by atoms with E-state index in [0.717, 1.165) is 15.4 Å². The number of thiophene rings is 1. The second-order valence-corrected chi connectivity index (χ2v) is 7.95. The lowest BCUT2D eigenvalue weighted by Crippen LogP contribution is -2.10. The van der Waals surface area contributed by atoms with Gasteiger partial charge in [-0.2, -0.15) is 0 Å². The number of pyridine rings is 1.